The molecule has 358 valence electrons. The lowest BCUT2D eigenvalue weighted by Gasteiger charge is -2.32. The SMILES string of the molecule is CC/C=C\C/C=C\C/C=C\C/C=C\C/C=C\CCCC(=O)OCC(C)(C)[C@@H](OC(=O)c1ccccc1OC(=O)c1ccccc1OC(C)=O)C(=O)NCCC(=O)[O-].CN(C)C(N)=NC(=N)N. The first kappa shape index (κ1) is 56.7. The number of unbranched alkanes of at least 4 members (excludes halogenated alkanes) is 1. The fraction of sp³-hybridized carbons (Fsp3) is 0.388. The van der Waals surface area contributed by atoms with Gasteiger partial charge < -0.3 is 50.5 Å². The number of carboxylic acids is 1. The molecule has 1 amide bonds. The van der Waals surface area contributed by atoms with Gasteiger partial charge in [0.1, 0.15) is 29.2 Å². The zero-order valence-corrected chi connectivity index (χ0v) is 38.8. The molecule has 17 nitrogen and oxygen atoms in total. The highest BCUT2D eigenvalue weighted by Crippen LogP contribution is 2.29. The number of carbonyl (C=O) groups is 6. The fourth-order valence-corrected chi connectivity index (χ4v) is 5.25. The number of esters is 4. The van der Waals surface area contributed by atoms with Gasteiger partial charge in [0.2, 0.25) is 5.96 Å². The summed E-state index contributed by atoms with van der Waals surface area (Å²) in [5, 5.41) is 20.1. The van der Waals surface area contributed by atoms with E-state index in [2.05, 4.69) is 65.8 Å². The second kappa shape index (κ2) is 32.4. The lowest BCUT2D eigenvalue weighted by Crippen LogP contribution is -2.49. The van der Waals surface area contributed by atoms with Gasteiger partial charge in [-0.15, -0.1) is 0 Å². The van der Waals surface area contributed by atoms with E-state index in [1.807, 2.05) is 12.2 Å². The first-order chi connectivity index (χ1) is 31.4. The van der Waals surface area contributed by atoms with Gasteiger partial charge in [0, 0.05) is 51.8 Å². The van der Waals surface area contributed by atoms with Crippen molar-refractivity contribution >= 4 is 47.7 Å². The van der Waals surface area contributed by atoms with Crippen LogP contribution in [0.1, 0.15) is 106 Å². The summed E-state index contributed by atoms with van der Waals surface area (Å²) in [5.74, 6) is -5.68. The maximum absolute atomic E-state index is 13.6. The lowest BCUT2D eigenvalue weighted by atomic mass is 9.86. The van der Waals surface area contributed by atoms with Crippen LogP contribution in [-0.4, -0.2) is 85.9 Å². The van der Waals surface area contributed by atoms with Crippen LogP contribution in [0.3, 0.4) is 0 Å². The van der Waals surface area contributed by atoms with Crippen molar-refractivity contribution in [2.45, 2.75) is 91.6 Å². The number of amides is 1. The van der Waals surface area contributed by atoms with Crippen LogP contribution >= 0.6 is 0 Å². The van der Waals surface area contributed by atoms with E-state index >= 15 is 0 Å². The minimum atomic E-state index is -1.57. The van der Waals surface area contributed by atoms with Gasteiger partial charge in [0.05, 0.1) is 0 Å². The number of rotatable bonds is 25. The van der Waals surface area contributed by atoms with Crippen LogP contribution in [0.4, 0.5) is 0 Å². The molecule has 0 spiro atoms. The minimum Gasteiger partial charge on any atom is -0.550 e. The zero-order chi connectivity index (χ0) is 49.3. The molecule has 0 saturated carbocycles. The van der Waals surface area contributed by atoms with Crippen molar-refractivity contribution in [3.63, 3.8) is 0 Å². The Morgan fingerprint density at radius 3 is 1.76 bits per heavy atom. The Morgan fingerprint density at radius 2 is 1.27 bits per heavy atom. The highest BCUT2D eigenvalue weighted by atomic mass is 16.6. The van der Waals surface area contributed by atoms with Gasteiger partial charge in [-0.2, -0.15) is 4.99 Å². The van der Waals surface area contributed by atoms with Gasteiger partial charge in [0.15, 0.2) is 12.1 Å². The number of ether oxygens (including phenoxy) is 4. The maximum Gasteiger partial charge on any atom is 0.347 e. The number of benzene rings is 2. The molecule has 2 aromatic carbocycles. The van der Waals surface area contributed by atoms with E-state index in [1.165, 1.54) is 49.4 Å². The number of nitrogens with two attached hydrogens (primary N) is 2. The number of aliphatic imine (C=N–C) groups is 1. The zero-order valence-electron chi connectivity index (χ0n) is 38.8. The Balaban J connectivity index is 0.00000217. The molecule has 0 fully saturated rings. The number of para-hydroxylation sites is 2. The number of nitrogens with zero attached hydrogens (tertiary/aromatic N) is 2. The molecule has 17 heteroatoms. The predicted octanol–water partition coefficient (Wildman–Crippen LogP) is 5.86. The summed E-state index contributed by atoms with van der Waals surface area (Å²) >= 11 is 0. The molecule has 2 aromatic rings. The third kappa shape index (κ3) is 25.1. The largest absolute Gasteiger partial charge is 0.550 e. The van der Waals surface area contributed by atoms with E-state index < -0.39 is 53.7 Å². The minimum absolute atomic E-state index is 0.0474. The van der Waals surface area contributed by atoms with Crippen LogP contribution in [0.2, 0.25) is 0 Å². The van der Waals surface area contributed by atoms with Crippen LogP contribution in [0.5, 0.6) is 11.5 Å². The average molecular weight is 914 g/mol. The molecule has 0 saturated heterocycles. The molecular weight excluding hydrogens is 849 g/mol. The van der Waals surface area contributed by atoms with Gasteiger partial charge >= 0.3 is 23.9 Å². The molecule has 1 atom stereocenters. The fourth-order valence-electron chi connectivity index (χ4n) is 5.25. The van der Waals surface area contributed by atoms with Crippen molar-refractivity contribution in [1.29, 1.82) is 5.41 Å². The van der Waals surface area contributed by atoms with Crippen LogP contribution in [0.15, 0.2) is 114 Å². The van der Waals surface area contributed by atoms with Crippen LogP contribution in [0.25, 0.3) is 0 Å². The van der Waals surface area contributed by atoms with Crippen molar-refractivity contribution in [2.24, 2.45) is 21.9 Å². The molecule has 0 aliphatic carbocycles. The smallest absolute Gasteiger partial charge is 0.347 e. The first-order valence-electron chi connectivity index (χ1n) is 21.4. The third-order valence-corrected chi connectivity index (χ3v) is 8.68. The summed E-state index contributed by atoms with van der Waals surface area (Å²) in [6, 6.07) is 11.5. The normalized spacial score (nSPS) is 12.2. The van der Waals surface area contributed by atoms with Gasteiger partial charge in [-0.3, -0.25) is 19.8 Å². The monoisotopic (exact) mass is 913 g/mol. The Labute approximate surface area is 387 Å². The van der Waals surface area contributed by atoms with Gasteiger partial charge in [-0.05, 0) is 69.2 Å². The number of nitrogens with one attached hydrogen (secondary N) is 2. The number of allylic oxidation sites excluding steroid dienone is 10. The molecule has 0 bridgehead atoms. The molecule has 66 heavy (non-hydrogen) atoms. The van der Waals surface area contributed by atoms with Crippen LogP contribution < -0.4 is 31.4 Å². The molecule has 0 aliphatic heterocycles. The summed E-state index contributed by atoms with van der Waals surface area (Å²) in [6.45, 7) is 5.76. The standard InChI is InChI=1S/C45H55NO11.C4H11N5/c1-5-6-7-8-9-10-11-12-13-14-15-16-17-18-19-20-21-30-40(50)54-33-45(3,4)41(42(51)46-32-31-39(48)49)57-44(53)36-27-23-25-29-38(36)56-43(52)35-26-22-24-28-37(35)55-34(2)47;1-9(2)4(7)8-3(5)6/h6-7,9-10,12-13,15-16,18-19,22-29,41H,5,8,11,14,17,20-21,30-33H2,1-4H3,(H,46,51)(H,48,49);1-2H3,(H5,5,6,7,8)/p-1/b7-6-,10-9-,13-12-,16-15-,19-18-;/t41-;/m0./s1. The predicted molar refractivity (Wildman–Crippen MR) is 251 cm³/mol. The second-order valence-electron chi connectivity index (χ2n) is 15.2. The van der Waals surface area contributed by atoms with Crippen molar-refractivity contribution in [3.05, 3.63) is 120 Å². The Morgan fingerprint density at radius 1 is 0.773 bits per heavy atom. The van der Waals surface area contributed by atoms with Crippen molar-refractivity contribution < 1.29 is 52.8 Å². The molecule has 0 aliphatic rings. The van der Waals surface area contributed by atoms with Gasteiger partial charge in [-0.25, -0.2) is 9.59 Å². The van der Waals surface area contributed by atoms with E-state index in [0.717, 1.165) is 32.1 Å². The number of guanidine groups is 2. The number of hydrogen-bond donors (Lipinski definition) is 4. The molecule has 2 rings (SSSR count). The average Bonchev–Trinajstić information content (AvgIpc) is 3.25. The van der Waals surface area contributed by atoms with Crippen molar-refractivity contribution in [1.82, 2.24) is 10.2 Å². The molecule has 6 N–H and O–H groups in total. The third-order valence-electron chi connectivity index (χ3n) is 8.68. The molecule has 0 heterocycles. The van der Waals surface area contributed by atoms with Crippen LogP contribution in [-0.2, 0) is 28.7 Å². The van der Waals surface area contributed by atoms with Crippen molar-refractivity contribution in [2.75, 3.05) is 27.2 Å². The summed E-state index contributed by atoms with van der Waals surface area (Å²) in [6.07, 6.45) is 24.9. The molecular formula is C49H65N6O11-. The lowest BCUT2D eigenvalue weighted by molar-refractivity contribution is -0.305. The van der Waals surface area contributed by atoms with Crippen molar-refractivity contribution in [3.8, 4) is 11.5 Å². The van der Waals surface area contributed by atoms with E-state index in [1.54, 1.807) is 38.9 Å². The summed E-state index contributed by atoms with van der Waals surface area (Å²) in [7, 11) is 3.45. The Bertz CT molecular complexity index is 2090. The quantitative estimate of drug-likeness (QED) is 0.0227. The topological polar surface area (TPSA) is 266 Å². The highest BCUT2D eigenvalue weighted by molar-refractivity contribution is 5.99. The number of carbonyl (C=O) groups excluding carboxylic acids is 6. The highest BCUT2D eigenvalue weighted by Gasteiger charge is 2.40. The first-order valence-corrected chi connectivity index (χ1v) is 21.4. The van der Waals surface area contributed by atoms with E-state index in [4.69, 9.17) is 35.8 Å². The second-order valence-corrected chi connectivity index (χ2v) is 15.2. The number of carboxylic acid groups (broad SMARTS) is 1. The summed E-state index contributed by atoms with van der Waals surface area (Å²) < 4.78 is 21.7. The Kier molecular flexibility index (Phi) is 27.8. The van der Waals surface area contributed by atoms with E-state index in [9.17, 15) is 33.9 Å². The Hall–Kier alpha value is -7.30. The maximum atomic E-state index is 13.6. The van der Waals surface area contributed by atoms with E-state index in [0.29, 0.717) is 12.8 Å². The number of hydrogen-bond acceptors (Lipinski definition) is 12. The molecule has 0 aromatic heterocycles. The van der Waals surface area contributed by atoms with Gasteiger partial charge in [0.25, 0.3) is 5.91 Å². The number of aliphatic carboxylic acids is 1. The van der Waals surface area contributed by atoms with Gasteiger partial charge in [-0.1, -0.05) is 106 Å². The molecule has 0 radical (unpaired) electrons. The van der Waals surface area contributed by atoms with E-state index in [-0.39, 0.29) is 54.1 Å². The summed E-state index contributed by atoms with van der Waals surface area (Å²) in [4.78, 5) is 80.2. The summed E-state index contributed by atoms with van der Waals surface area (Å²) in [5.41, 5.74) is 8.60. The van der Waals surface area contributed by atoms with Crippen LogP contribution in [0, 0.1) is 10.8 Å². The molecule has 0 unspecified atom stereocenters.